The molecule has 0 heterocycles. The van der Waals surface area contributed by atoms with Gasteiger partial charge in [-0.25, -0.2) is 10.2 Å². The van der Waals surface area contributed by atoms with Gasteiger partial charge in [0, 0.05) is 19.0 Å². The summed E-state index contributed by atoms with van der Waals surface area (Å²) >= 11 is 0. The van der Waals surface area contributed by atoms with Crippen LogP contribution in [0.2, 0.25) is 0 Å². The second kappa shape index (κ2) is 12.1. The minimum Gasteiger partial charge on any atom is -0.444 e. The van der Waals surface area contributed by atoms with Gasteiger partial charge in [0.1, 0.15) is 5.60 Å². The highest BCUT2D eigenvalue weighted by Crippen LogP contribution is 2.09. The third-order valence-corrected chi connectivity index (χ3v) is 3.16. The van der Waals surface area contributed by atoms with E-state index < -0.39 is 11.7 Å². The molecule has 0 bridgehead atoms. The van der Waals surface area contributed by atoms with E-state index in [9.17, 15) is 9.59 Å². The monoisotopic (exact) mass is 344 g/mol. The minimum absolute atomic E-state index is 0.0485. The molecule has 1 atom stereocenters. The molecule has 5 N–H and O–H groups in total. The van der Waals surface area contributed by atoms with Crippen LogP contribution in [0.3, 0.4) is 0 Å². The predicted molar refractivity (Wildman–Crippen MR) is 96.3 cm³/mol. The number of hydrogen-bond donors (Lipinski definition) is 4. The number of amides is 2. The molecule has 0 aliphatic rings. The summed E-state index contributed by atoms with van der Waals surface area (Å²) in [5.41, 5.74) is 10.5. The van der Waals surface area contributed by atoms with E-state index >= 15 is 0 Å². The van der Waals surface area contributed by atoms with Crippen molar-refractivity contribution in [3.63, 3.8) is 0 Å². The predicted octanol–water partition coefficient (Wildman–Crippen LogP) is 2.07. The zero-order valence-electron chi connectivity index (χ0n) is 15.9. The van der Waals surface area contributed by atoms with Gasteiger partial charge in [-0.15, -0.1) is 0 Å². The summed E-state index contributed by atoms with van der Waals surface area (Å²) in [4.78, 5) is 23.6. The number of nitrogens with two attached hydrogens (primary N) is 1. The van der Waals surface area contributed by atoms with Crippen LogP contribution in [0.25, 0.3) is 0 Å². The summed E-state index contributed by atoms with van der Waals surface area (Å²) in [5, 5.41) is 2.85. The average molecular weight is 345 g/mol. The molecule has 0 saturated carbocycles. The van der Waals surface area contributed by atoms with Gasteiger partial charge in [-0.2, -0.15) is 0 Å². The molecule has 0 aromatic heterocycles. The van der Waals surface area contributed by atoms with Gasteiger partial charge < -0.3 is 15.8 Å². The Labute approximate surface area is 146 Å². The van der Waals surface area contributed by atoms with E-state index in [0.717, 1.165) is 25.7 Å². The fourth-order valence-electron chi connectivity index (χ4n) is 2.18. The SMILES string of the molecule is CC(C)C[C@H](CNNC(=O)CCCCCN)NC(=O)OC(C)(C)C. The van der Waals surface area contributed by atoms with Gasteiger partial charge in [0.2, 0.25) is 5.91 Å². The smallest absolute Gasteiger partial charge is 0.407 e. The summed E-state index contributed by atoms with van der Waals surface area (Å²) in [6.45, 7) is 10.8. The van der Waals surface area contributed by atoms with Crippen molar-refractivity contribution in [3.05, 3.63) is 0 Å². The lowest BCUT2D eigenvalue weighted by Gasteiger charge is -2.25. The molecule has 7 heteroatoms. The van der Waals surface area contributed by atoms with Gasteiger partial charge in [0.25, 0.3) is 0 Å². The molecule has 0 aliphatic heterocycles. The van der Waals surface area contributed by atoms with Crippen LogP contribution in [0.15, 0.2) is 0 Å². The number of carbonyl (C=O) groups excluding carboxylic acids is 2. The van der Waals surface area contributed by atoms with E-state index in [1.165, 1.54) is 0 Å². The number of hydrogen-bond acceptors (Lipinski definition) is 5. The van der Waals surface area contributed by atoms with Gasteiger partial charge in [-0.05, 0) is 52.5 Å². The van der Waals surface area contributed by atoms with Gasteiger partial charge >= 0.3 is 6.09 Å². The van der Waals surface area contributed by atoms with E-state index in [2.05, 4.69) is 30.0 Å². The molecule has 0 aliphatic carbocycles. The summed E-state index contributed by atoms with van der Waals surface area (Å²) in [6.07, 6.45) is 3.55. The van der Waals surface area contributed by atoms with Crippen LogP contribution >= 0.6 is 0 Å². The first-order valence-electron chi connectivity index (χ1n) is 8.85. The highest BCUT2D eigenvalue weighted by atomic mass is 16.6. The highest BCUT2D eigenvalue weighted by Gasteiger charge is 2.20. The summed E-state index contributed by atoms with van der Waals surface area (Å²) < 4.78 is 5.28. The Morgan fingerprint density at radius 2 is 1.79 bits per heavy atom. The second-order valence-electron chi connectivity index (χ2n) is 7.50. The topological polar surface area (TPSA) is 105 Å². The first-order chi connectivity index (χ1) is 11.1. The Bertz CT molecular complexity index is 367. The molecule has 142 valence electrons. The molecule has 0 saturated heterocycles. The van der Waals surface area contributed by atoms with Crippen LogP contribution in [-0.2, 0) is 9.53 Å². The zero-order chi connectivity index (χ0) is 18.6. The normalized spacial score (nSPS) is 12.8. The molecular formula is C17H36N4O3. The number of unbranched alkanes of at least 4 members (excludes halogenated alkanes) is 2. The maximum Gasteiger partial charge on any atom is 0.407 e. The summed E-state index contributed by atoms with van der Waals surface area (Å²) in [5.74, 6) is 0.367. The maximum atomic E-state index is 11.9. The van der Waals surface area contributed by atoms with Crippen molar-refractivity contribution in [2.45, 2.75) is 78.4 Å². The van der Waals surface area contributed by atoms with Crippen LogP contribution in [0.4, 0.5) is 4.79 Å². The lowest BCUT2D eigenvalue weighted by molar-refractivity contribution is -0.122. The second-order valence-corrected chi connectivity index (χ2v) is 7.50. The van der Waals surface area contributed by atoms with Crippen LogP contribution < -0.4 is 21.9 Å². The molecule has 0 spiro atoms. The summed E-state index contributed by atoms with van der Waals surface area (Å²) in [7, 11) is 0. The number of alkyl carbamates (subject to hydrolysis) is 1. The Morgan fingerprint density at radius 3 is 2.33 bits per heavy atom. The Hall–Kier alpha value is -1.34. The van der Waals surface area contributed by atoms with Gasteiger partial charge in [-0.3, -0.25) is 10.2 Å². The number of carbonyl (C=O) groups is 2. The first kappa shape index (κ1) is 22.7. The molecule has 2 amide bonds. The average Bonchev–Trinajstić information content (AvgIpc) is 2.40. The molecule has 0 rings (SSSR count). The van der Waals surface area contributed by atoms with Crippen LogP contribution in [0.1, 0.15) is 66.7 Å². The molecule has 7 nitrogen and oxygen atoms in total. The minimum atomic E-state index is -0.530. The van der Waals surface area contributed by atoms with E-state index in [0.29, 0.717) is 25.4 Å². The maximum absolute atomic E-state index is 11.9. The quantitative estimate of drug-likeness (QED) is 0.339. The van der Waals surface area contributed by atoms with Crippen molar-refractivity contribution < 1.29 is 14.3 Å². The lowest BCUT2D eigenvalue weighted by atomic mass is 10.0. The molecule has 0 unspecified atom stereocenters. The fourth-order valence-corrected chi connectivity index (χ4v) is 2.18. The van der Waals surface area contributed by atoms with E-state index in [1.54, 1.807) is 0 Å². The molecular weight excluding hydrogens is 308 g/mol. The third-order valence-electron chi connectivity index (χ3n) is 3.16. The van der Waals surface area contributed by atoms with Crippen LogP contribution in [0, 0.1) is 5.92 Å². The van der Waals surface area contributed by atoms with E-state index in [1.807, 2.05) is 20.8 Å². The van der Waals surface area contributed by atoms with Crippen LogP contribution in [-0.4, -0.2) is 36.7 Å². The Balaban J connectivity index is 4.15. The lowest BCUT2D eigenvalue weighted by Crippen LogP contribution is -2.49. The number of ether oxygens (including phenoxy) is 1. The largest absolute Gasteiger partial charge is 0.444 e. The highest BCUT2D eigenvalue weighted by molar-refractivity contribution is 5.75. The number of rotatable bonds is 11. The van der Waals surface area contributed by atoms with Crippen molar-refractivity contribution in [1.82, 2.24) is 16.2 Å². The van der Waals surface area contributed by atoms with E-state index in [-0.39, 0.29) is 11.9 Å². The van der Waals surface area contributed by atoms with Crippen molar-refractivity contribution in [2.75, 3.05) is 13.1 Å². The fraction of sp³-hybridized carbons (Fsp3) is 0.882. The summed E-state index contributed by atoms with van der Waals surface area (Å²) in [6, 6.07) is -0.114. The van der Waals surface area contributed by atoms with Gasteiger partial charge in [0.05, 0.1) is 0 Å². The van der Waals surface area contributed by atoms with Crippen molar-refractivity contribution in [2.24, 2.45) is 11.7 Å². The van der Waals surface area contributed by atoms with Gasteiger partial charge in [-0.1, -0.05) is 20.3 Å². The number of nitrogens with one attached hydrogen (secondary N) is 3. The molecule has 0 fully saturated rings. The van der Waals surface area contributed by atoms with Crippen molar-refractivity contribution in [3.8, 4) is 0 Å². The van der Waals surface area contributed by atoms with Gasteiger partial charge in [0.15, 0.2) is 0 Å². The Morgan fingerprint density at radius 1 is 1.12 bits per heavy atom. The third kappa shape index (κ3) is 14.3. The van der Waals surface area contributed by atoms with Crippen LogP contribution in [0.5, 0.6) is 0 Å². The standard InChI is InChI=1S/C17H36N4O3/c1-13(2)11-14(20-16(23)24-17(3,4)5)12-19-21-15(22)9-7-6-8-10-18/h13-14,19H,6-12,18H2,1-5H3,(H,20,23)(H,21,22)/t14-/m1/s1. The van der Waals surface area contributed by atoms with Crippen molar-refractivity contribution >= 4 is 12.0 Å². The molecule has 0 aromatic rings. The molecule has 0 radical (unpaired) electrons. The molecule has 0 aromatic carbocycles. The first-order valence-corrected chi connectivity index (χ1v) is 8.85. The van der Waals surface area contributed by atoms with E-state index in [4.69, 9.17) is 10.5 Å². The molecule has 24 heavy (non-hydrogen) atoms. The number of hydrazine groups is 1. The Kier molecular flexibility index (Phi) is 11.4. The van der Waals surface area contributed by atoms with Crippen molar-refractivity contribution in [1.29, 1.82) is 0 Å². The zero-order valence-corrected chi connectivity index (χ0v) is 15.9.